The molecule has 1 heterocycles. The van der Waals surface area contributed by atoms with Crippen LogP contribution < -0.4 is 5.32 Å². The molecule has 0 aliphatic carbocycles. The Labute approximate surface area is 123 Å². The molecule has 0 aliphatic heterocycles. The number of hydrogen-bond donors (Lipinski definition) is 1. The number of ether oxygens (including phenoxy) is 2. The molecule has 0 bridgehead atoms. The minimum atomic E-state index is -0.553. The number of aromatic nitrogens is 2. The molecule has 0 aliphatic rings. The summed E-state index contributed by atoms with van der Waals surface area (Å²) in [5, 5.41) is 7.39. The van der Waals surface area contributed by atoms with E-state index in [0.717, 1.165) is 11.3 Å². The standard InChI is InChI=1S/C15H19N3O3/c1-20-9-8-16-14(15(19)21-2)12-10-17-18(11-12)13-6-4-3-5-7-13/h3-7,10-11,14,16H,8-9H2,1-2H3. The molecule has 1 N–H and O–H groups in total. The van der Waals surface area contributed by atoms with Crippen LogP contribution in [0.1, 0.15) is 11.6 Å². The van der Waals surface area contributed by atoms with E-state index in [1.807, 2.05) is 36.5 Å². The fraction of sp³-hybridized carbons (Fsp3) is 0.333. The summed E-state index contributed by atoms with van der Waals surface area (Å²) in [7, 11) is 2.98. The van der Waals surface area contributed by atoms with Crippen molar-refractivity contribution in [1.82, 2.24) is 15.1 Å². The van der Waals surface area contributed by atoms with Gasteiger partial charge in [0.15, 0.2) is 0 Å². The van der Waals surface area contributed by atoms with Crippen LogP contribution in [0.5, 0.6) is 0 Å². The first-order valence-corrected chi connectivity index (χ1v) is 6.66. The van der Waals surface area contributed by atoms with E-state index in [1.165, 1.54) is 7.11 Å². The first kappa shape index (κ1) is 15.2. The molecule has 2 aromatic rings. The predicted molar refractivity (Wildman–Crippen MR) is 78.2 cm³/mol. The van der Waals surface area contributed by atoms with Crippen molar-refractivity contribution in [3.8, 4) is 5.69 Å². The number of hydrogen-bond acceptors (Lipinski definition) is 5. The number of benzene rings is 1. The topological polar surface area (TPSA) is 65.4 Å². The number of nitrogens with zero attached hydrogens (tertiary/aromatic N) is 2. The van der Waals surface area contributed by atoms with Gasteiger partial charge in [-0.2, -0.15) is 5.10 Å². The third-order valence-electron chi connectivity index (χ3n) is 3.05. The third-order valence-corrected chi connectivity index (χ3v) is 3.05. The quantitative estimate of drug-likeness (QED) is 0.615. The van der Waals surface area contributed by atoms with Gasteiger partial charge in [0.2, 0.25) is 0 Å². The minimum Gasteiger partial charge on any atom is -0.468 e. The van der Waals surface area contributed by atoms with E-state index in [9.17, 15) is 4.79 Å². The van der Waals surface area contributed by atoms with Gasteiger partial charge in [-0.1, -0.05) is 18.2 Å². The van der Waals surface area contributed by atoms with Gasteiger partial charge in [0.1, 0.15) is 6.04 Å². The number of carbonyl (C=O) groups excluding carboxylic acids is 1. The predicted octanol–water partition coefficient (Wildman–Crippen LogP) is 1.32. The van der Waals surface area contributed by atoms with Crippen molar-refractivity contribution in [3.05, 3.63) is 48.3 Å². The highest BCUT2D eigenvalue weighted by Gasteiger charge is 2.22. The maximum absolute atomic E-state index is 11.9. The lowest BCUT2D eigenvalue weighted by molar-refractivity contribution is -0.143. The van der Waals surface area contributed by atoms with E-state index in [1.54, 1.807) is 18.0 Å². The Bertz CT molecular complexity index is 569. The lowest BCUT2D eigenvalue weighted by atomic mass is 10.1. The second-order valence-electron chi connectivity index (χ2n) is 4.46. The van der Waals surface area contributed by atoms with Crippen molar-refractivity contribution in [2.45, 2.75) is 6.04 Å². The van der Waals surface area contributed by atoms with Crippen molar-refractivity contribution >= 4 is 5.97 Å². The van der Waals surface area contributed by atoms with Crippen LogP contribution in [0.15, 0.2) is 42.7 Å². The molecule has 0 saturated carbocycles. The van der Waals surface area contributed by atoms with Crippen LogP contribution in [0.2, 0.25) is 0 Å². The molecule has 0 spiro atoms. The van der Waals surface area contributed by atoms with E-state index in [2.05, 4.69) is 10.4 Å². The van der Waals surface area contributed by atoms with E-state index in [0.29, 0.717) is 13.2 Å². The molecule has 0 radical (unpaired) electrons. The van der Waals surface area contributed by atoms with Gasteiger partial charge < -0.3 is 9.47 Å². The summed E-state index contributed by atoms with van der Waals surface area (Å²) in [6.07, 6.45) is 3.48. The normalized spacial score (nSPS) is 12.1. The summed E-state index contributed by atoms with van der Waals surface area (Å²) < 4.78 is 11.5. The largest absolute Gasteiger partial charge is 0.468 e. The number of methoxy groups -OCH3 is 2. The Kier molecular flexibility index (Phi) is 5.48. The summed E-state index contributed by atoms with van der Waals surface area (Å²) in [5.41, 5.74) is 1.69. The van der Waals surface area contributed by atoms with Crippen molar-refractivity contribution in [2.75, 3.05) is 27.4 Å². The Morgan fingerprint density at radius 1 is 1.33 bits per heavy atom. The molecular weight excluding hydrogens is 270 g/mol. The number of carbonyl (C=O) groups is 1. The smallest absolute Gasteiger partial charge is 0.327 e. The Balaban J connectivity index is 2.17. The maximum atomic E-state index is 11.9. The van der Waals surface area contributed by atoms with Gasteiger partial charge >= 0.3 is 5.97 Å². The highest BCUT2D eigenvalue weighted by molar-refractivity contribution is 5.77. The summed E-state index contributed by atoms with van der Waals surface area (Å²) in [6.45, 7) is 1.06. The summed E-state index contributed by atoms with van der Waals surface area (Å²) in [6, 6.07) is 9.15. The van der Waals surface area contributed by atoms with Crippen LogP contribution in [0.3, 0.4) is 0 Å². The summed E-state index contributed by atoms with van der Waals surface area (Å²) in [5.74, 6) is -0.348. The molecule has 6 nitrogen and oxygen atoms in total. The average molecular weight is 289 g/mol. The van der Waals surface area contributed by atoms with Gasteiger partial charge in [-0.25, -0.2) is 9.48 Å². The first-order valence-electron chi connectivity index (χ1n) is 6.66. The second-order valence-corrected chi connectivity index (χ2v) is 4.46. The fourth-order valence-electron chi connectivity index (χ4n) is 1.97. The monoisotopic (exact) mass is 289 g/mol. The molecule has 21 heavy (non-hydrogen) atoms. The van der Waals surface area contributed by atoms with Gasteiger partial charge in [-0.3, -0.25) is 5.32 Å². The van der Waals surface area contributed by atoms with Crippen molar-refractivity contribution < 1.29 is 14.3 Å². The Hall–Kier alpha value is -2.18. The molecule has 1 atom stereocenters. The van der Waals surface area contributed by atoms with Crippen LogP contribution in [0, 0.1) is 0 Å². The van der Waals surface area contributed by atoms with Crippen LogP contribution in [-0.2, 0) is 14.3 Å². The van der Waals surface area contributed by atoms with Gasteiger partial charge in [-0.05, 0) is 12.1 Å². The van der Waals surface area contributed by atoms with Crippen LogP contribution in [0.25, 0.3) is 5.69 Å². The van der Waals surface area contributed by atoms with Crippen molar-refractivity contribution in [1.29, 1.82) is 0 Å². The van der Waals surface area contributed by atoms with E-state index < -0.39 is 6.04 Å². The zero-order valence-electron chi connectivity index (χ0n) is 12.2. The maximum Gasteiger partial charge on any atom is 0.327 e. The fourth-order valence-corrected chi connectivity index (χ4v) is 1.97. The first-order chi connectivity index (χ1) is 10.3. The highest BCUT2D eigenvalue weighted by atomic mass is 16.5. The highest BCUT2D eigenvalue weighted by Crippen LogP contribution is 2.16. The molecular formula is C15H19N3O3. The molecule has 0 saturated heterocycles. The molecule has 112 valence electrons. The van der Waals surface area contributed by atoms with Gasteiger partial charge in [0, 0.05) is 25.4 Å². The number of nitrogens with one attached hydrogen (secondary N) is 1. The Morgan fingerprint density at radius 3 is 2.76 bits per heavy atom. The van der Waals surface area contributed by atoms with E-state index >= 15 is 0 Å². The van der Waals surface area contributed by atoms with Gasteiger partial charge in [0.05, 0.1) is 25.6 Å². The second kappa shape index (κ2) is 7.56. The minimum absolute atomic E-state index is 0.348. The lowest BCUT2D eigenvalue weighted by Gasteiger charge is -2.14. The average Bonchev–Trinajstić information content (AvgIpc) is 3.01. The zero-order valence-corrected chi connectivity index (χ0v) is 12.2. The van der Waals surface area contributed by atoms with Crippen molar-refractivity contribution in [3.63, 3.8) is 0 Å². The van der Waals surface area contributed by atoms with Gasteiger partial charge in [-0.15, -0.1) is 0 Å². The van der Waals surface area contributed by atoms with E-state index in [4.69, 9.17) is 9.47 Å². The Morgan fingerprint density at radius 2 is 2.10 bits per heavy atom. The van der Waals surface area contributed by atoms with Gasteiger partial charge in [0.25, 0.3) is 0 Å². The van der Waals surface area contributed by atoms with Crippen LogP contribution in [0.4, 0.5) is 0 Å². The molecule has 1 aromatic carbocycles. The summed E-state index contributed by atoms with van der Waals surface area (Å²) in [4.78, 5) is 11.9. The SMILES string of the molecule is COCCNC(C(=O)OC)c1cnn(-c2ccccc2)c1. The zero-order chi connectivity index (χ0) is 15.1. The molecule has 0 fully saturated rings. The lowest BCUT2D eigenvalue weighted by Crippen LogP contribution is -2.31. The molecule has 6 heteroatoms. The third kappa shape index (κ3) is 3.90. The molecule has 2 rings (SSSR count). The van der Waals surface area contributed by atoms with E-state index in [-0.39, 0.29) is 5.97 Å². The number of esters is 1. The van der Waals surface area contributed by atoms with Crippen LogP contribution in [-0.4, -0.2) is 43.1 Å². The van der Waals surface area contributed by atoms with Crippen LogP contribution >= 0.6 is 0 Å². The number of para-hydroxylation sites is 1. The molecule has 0 amide bonds. The number of rotatable bonds is 7. The molecule has 1 aromatic heterocycles. The molecule has 1 unspecified atom stereocenters. The van der Waals surface area contributed by atoms with Crippen molar-refractivity contribution in [2.24, 2.45) is 0 Å². The summed E-state index contributed by atoms with van der Waals surface area (Å²) >= 11 is 0.